The molecule has 0 radical (unpaired) electrons. The predicted molar refractivity (Wildman–Crippen MR) is 211 cm³/mol. The van der Waals surface area contributed by atoms with Gasteiger partial charge in [0.15, 0.2) is 5.60 Å². The van der Waals surface area contributed by atoms with Crippen LogP contribution in [0.2, 0.25) is 23.7 Å². The van der Waals surface area contributed by atoms with Gasteiger partial charge in [0.25, 0.3) is 5.91 Å². The molecule has 264 valence electrons. The number of fused-ring (bicyclic) bond motifs is 2. The minimum atomic E-state index is -2.33. The number of hydrogen-bond acceptors (Lipinski definition) is 6. The molecule has 4 aromatic carbocycles. The van der Waals surface area contributed by atoms with Crippen molar-refractivity contribution in [3.8, 4) is 5.75 Å². The molecule has 1 amide bonds. The summed E-state index contributed by atoms with van der Waals surface area (Å²) in [7, 11) is -0.654. The van der Waals surface area contributed by atoms with E-state index in [1.165, 1.54) is 5.19 Å². The number of aryl methyl sites for hydroxylation is 1. The molecule has 2 aliphatic heterocycles. The van der Waals surface area contributed by atoms with Crippen molar-refractivity contribution in [3.63, 3.8) is 0 Å². The smallest absolute Gasteiger partial charge is 0.264 e. The Morgan fingerprint density at radius 2 is 1.76 bits per heavy atom. The molecular formula is C40H42ClIN4O4Si. The summed E-state index contributed by atoms with van der Waals surface area (Å²) < 4.78 is 15.8. The predicted octanol–water partition coefficient (Wildman–Crippen LogP) is 7.52. The summed E-state index contributed by atoms with van der Waals surface area (Å²) in [6.45, 7) is 7.87. The van der Waals surface area contributed by atoms with Crippen molar-refractivity contribution in [2.24, 2.45) is 5.92 Å². The number of carbonyl (C=O) groups excluding carboxylic acids is 1. The van der Waals surface area contributed by atoms with Gasteiger partial charge in [-0.05, 0) is 88.1 Å². The zero-order chi connectivity index (χ0) is 35.9. The molecule has 1 N–H and O–H groups in total. The number of carbonyl (C=O) groups is 1. The van der Waals surface area contributed by atoms with E-state index in [4.69, 9.17) is 21.1 Å². The summed E-state index contributed by atoms with van der Waals surface area (Å²) >= 11 is 8.99. The van der Waals surface area contributed by atoms with E-state index in [1.54, 1.807) is 7.11 Å². The Labute approximate surface area is 318 Å². The topological polar surface area (TPSA) is 89.7 Å². The second kappa shape index (κ2) is 14.5. The first-order valence-electron chi connectivity index (χ1n) is 17.3. The second-order valence-corrected chi connectivity index (χ2v) is 20.5. The summed E-state index contributed by atoms with van der Waals surface area (Å²) in [6, 6.07) is 32.3. The summed E-state index contributed by atoms with van der Waals surface area (Å²) in [4.78, 5) is 16.9. The number of hydrogen-bond donors (Lipinski definition) is 1. The van der Waals surface area contributed by atoms with E-state index in [0.29, 0.717) is 30.2 Å². The highest BCUT2D eigenvalue weighted by molar-refractivity contribution is 14.1. The Morgan fingerprint density at radius 1 is 1.04 bits per heavy atom. The van der Waals surface area contributed by atoms with Crippen LogP contribution in [0.3, 0.4) is 0 Å². The van der Waals surface area contributed by atoms with Crippen molar-refractivity contribution in [1.29, 1.82) is 0 Å². The Kier molecular flexibility index (Phi) is 10.2. The maximum atomic E-state index is 15.0. The van der Waals surface area contributed by atoms with Crippen molar-refractivity contribution < 1.29 is 19.4 Å². The van der Waals surface area contributed by atoms with Crippen molar-refractivity contribution in [2.75, 3.05) is 18.6 Å². The molecule has 0 saturated carbocycles. The fraction of sp³-hybridized carbons (Fsp3) is 0.325. The molecular weight excluding hydrogens is 791 g/mol. The van der Waals surface area contributed by atoms with E-state index in [9.17, 15) is 5.11 Å². The summed E-state index contributed by atoms with van der Waals surface area (Å²) in [5.74, 6) is 0.346. The molecule has 0 aliphatic carbocycles. The minimum absolute atomic E-state index is 0.0467. The van der Waals surface area contributed by atoms with E-state index >= 15 is 4.79 Å². The third-order valence-electron chi connectivity index (χ3n) is 11.0. The zero-order valence-corrected chi connectivity index (χ0v) is 33.1. The molecule has 1 aromatic heterocycles. The Balaban J connectivity index is 1.25. The Morgan fingerprint density at radius 3 is 2.45 bits per heavy atom. The highest BCUT2D eigenvalue weighted by atomic mass is 127. The van der Waals surface area contributed by atoms with Crippen LogP contribution in [0.15, 0.2) is 103 Å². The van der Waals surface area contributed by atoms with Gasteiger partial charge >= 0.3 is 0 Å². The highest BCUT2D eigenvalue weighted by Crippen LogP contribution is 2.60. The summed E-state index contributed by atoms with van der Waals surface area (Å²) in [5.41, 5.74) is 3.30. The van der Waals surface area contributed by atoms with Crippen molar-refractivity contribution >= 4 is 59.0 Å². The highest BCUT2D eigenvalue weighted by Gasteiger charge is 2.66. The molecule has 2 aliphatic rings. The van der Waals surface area contributed by atoms with Crippen LogP contribution in [0, 0.1) is 9.49 Å². The maximum absolute atomic E-state index is 15.0. The molecule has 1 fully saturated rings. The third kappa shape index (κ3) is 6.54. The fourth-order valence-corrected chi connectivity index (χ4v) is 13.0. The number of aliphatic hydroxyl groups excluding tert-OH is 1. The van der Waals surface area contributed by atoms with Crippen LogP contribution in [-0.4, -0.2) is 53.9 Å². The van der Waals surface area contributed by atoms with Crippen LogP contribution in [0.5, 0.6) is 5.75 Å². The monoisotopic (exact) mass is 832 g/mol. The lowest BCUT2D eigenvalue weighted by Crippen LogP contribution is -2.51. The van der Waals surface area contributed by atoms with Crippen LogP contribution in [0.4, 0.5) is 5.69 Å². The van der Waals surface area contributed by atoms with Crippen LogP contribution < -0.4 is 14.8 Å². The number of benzene rings is 4. The molecule has 1 unspecified atom stereocenters. The van der Waals surface area contributed by atoms with Crippen molar-refractivity contribution in [1.82, 2.24) is 15.0 Å². The van der Waals surface area contributed by atoms with Gasteiger partial charge in [-0.2, -0.15) is 0 Å². The van der Waals surface area contributed by atoms with Gasteiger partial charge in [-0.15, -0.1) is 5.10 Å². The number of rotatable bonds is 11. The van der Waals surface area contributed by atoms with Crippen LogP contribution in [0.1, 0.15) is 41.6 Å². The van der Waals surface area contributed by atoms with E-state index < -0.39 is 13.7 Å². The maximum Gasteiger partial charge on any atom is 0.264 e. The Bertz CT molecular complexity index is 2010. The number of aromatic nitrogens is 3. The van der Waals surface area contributed by atoms with Gasteiger partial charge in [0.2, 0.25) is 0 Å². The second-order valence-electron chi connectivity index (χ2n) is 14.2. The first kappa shape index (κ1) is 35.8. The van der Waals surface area contributed by atoms with Crippen molar-refractivity contribution in [2.45, 2.75) is 62.7 Å². The molecule has 8 nitrogen and oxygen atoms in total. The molecule has 0 bridgehead atoms. The van der Waals surface area contributed by atoms with Crippen molar-refractivity contribution in [3.05, 3.63) is 134 Å². The molecule has 3 heterocycles. The number of ether oxygens (including phenoxy) is 2. The molecule has 5 aromatic rings. The average Bonchev–Trinajstić information content (AvgIpc) is 3.79. The van der Waals surface area contributed by atoms with Gasteiger partial charge in [0.1, 0.15) is 5.75 Å². The Hall–Kier alpha value is -3.55. The molecule has 7 rings (SSSR count). The number of anilines is 1. The lowest BCUT2D eigenvalue weighted by atomic mass is 9.82. The van der Waals surface area contributed by atoms with Gasteiger partial charge in [0.05, 0.1) is 51.7 Å². The number of amides is 1. The van der Waals surface area contributed by atoms with Gasteiger partial charge in [-0.3, -0.25) is 9.48 Å². The van der Waals surface area contributed by atoms with Gasteiger partial charge < -0.3 is 19.5 Å². The lowest BCUT2D eigenvalue weighted by Gasteiger charge is -2.37. The van der Waals surface area contributed by atoms with E-state index in [-0.39, 0.29) is 36.0 Å². The molecule has 51 heavy (non-hydrogen) atoms. The SMILES string of the molecule is COc1ccc([Si](C)(C)[C@@H]2[C@@H](CCn3cc(C(CO)c4ccccc4)nn3)O[C@]3(C(=O)N(Cc4ccc(I)cc4)c4ccc(Cl)cc43)[C@H]2C)cc1. The third-order valence-corrected chi connectivity index (χ3v) is 16.3. The van der Waals surface area contributed by atoms with Gasteiger partial charge in [-0.1, -0.05) is 96.6 Å². The van der Waals surface area contributed by atoms with Crippen LogP contribution in [0.25, 0.3) is 0 Å². The summed E-state index contributed by atoms with van der Waals surface area (Å²) in [6.07, 6.45) is 2.29. The first-order chi connectivity index (χ1) is 24.6. The first-order valence-corrected chi connectivity index (χ1v) is 21.8. The number of nitrogens with zero attached hydrogens (tertiary/aromatic N) is 4. The average molecular weight is 833 g/mol. The minimum Gasteiger partial charge on any atom is -0.497 e. The van der Waals surface area contributed by atoms with Gasteiger partial charge in [0, 0.05) is 32.8 Å². The van der Waals surface area contributed by atoms with Gasteiger partial charge in [-0.25, -0.2) is 0 Å². The zero-order valence-electron chi connectivity index (χ0n) is 29.2. The van der Waals surface area contributed by atoms with E-state index in [1.807, 2.05) is 76.4 Å². The molecule has 11 heteroatoms. The number of methoxy groups -OCH3 is 1. The molecule has 5 atom stereocenters. The quantitative estimate of drug-likeness (QED) is 0.110. The van der Waals surface area contributed by atoms with Crippen LogP contribution >= 0.6 is 34.2 Å². The van der Waals surface area contributed by atoms with E-state index in [0.717, 1.165) is 31.7 Å². The fourth-order valence-electron chi connectivity index (χ4n) is 8.38. The normalized spacial score (nSPS) is 22.1. The number of halogens is 2. The standard InChI is InChI=1S/C40H42ClIN4O4Si/c1-26-38(51(3,4)32-17-15-31(49-2)16-18-32)37(20-21-45-24-35(43-44-45)33(25-47)28-8-6-5-7-9-28)50-40(26)34-22-29(41)12-19-36(34)46(39(40)48)23-27-10-13-30(42)14-11-27/h5-19,22,24,26,33,37-38,47H,20-21,23,25H2,1-4H3/t26-,33?,37+,38-,40+/m0/s1. The summed E-state index contributed by atoms with van der Waals surface area (Å²) in [5, 5.41) is 21.1. The lowest BCUT2D eigenvalue weighted by molar-refractivity contribution is -0.146. The number of aliphatic hydroxyl groups is 1. The largest absolute Gasteiger partial charge is 0.497 e. The van der Waals surface area contributed by atoms with Crippen LogP contribution in [-0.2, 0) is 28.2 Å². The molecule has 1 spiro atoms. The molecule has 1 saturated heterocycles. The van der Waals surface area contributed by atoms with E-state index in [2.05, 4.69) is 89.3 Å².